The zero-order valence-corrected chi connectivity index (χ0v) is 14.4. The molecule has 0 radical (unpaired) electrons. The number of halogens is 2. The Balaban J connectivity index is 2.30. The van der Waals surface area contributed by atoms with Crippen molar-refractivity contribution < 1.29 is 27.6 Å². The third-order valence-electron chi connectivity index (χ3n) is 4.07. The molecule has 0 aliphatic carbocycles. The largest absolute Gasteiger partial charge is 0.494 e. The van der Waals surface area contributed by atoms with Crippen molar-refractivity contribution in [2.24, 2.45) is 0 Å². The topological polar surface area (TPSA) is 36.9 Å². The predicted octanol–water partition coefficient (Wildman–Crippen LogP) is 3.37. The second-order valence-electron chi connectivity index (χ2n) is 6.84. The molecule has 4 nitrogen and oxygen atoms in total. The summed E-state index contributed by atoms with van der Waals surface area (Å²) in [5, 5.41) is 0. The number of benzene rings is 1. The molecule has 1 aromatic carbocycles. The van der Waals surface area contributed by atoms with Crippen molar-refractivity contribution in [1.82, 2.24) is 0 Å². The maximum Gasteiger partial charge on any atom is 0.494 e. The van der Waals surface area contributed by atoms with E-state index >= 15 is 0 Å². The average Bonchev–Trinajstić information content (AvgIpc) is 2.59. The molecule has 1 aliphatic rings. The van der Waals surface area contributed by atoms with Crippen molar-refractivity contribution in [3.8, 4) is 11.5 Å². The molecule has 1 heterocycles. The molecule has 0 amide bonds. The van der Waals surface area contributed by atoms with E-state index in [4.69, 9.17) is 14.0 Å². The standard InChI is InChI=1S/C16H23BF2O4/c1-10(2)20-13-9-11(7-8-12(13)21-14(18)19)17-22-15(3,4)16(5,6)23-17/h7-10,14H,1-6H3. The van der Waals surface area contributed by atoms with Gasteiger partial charge in [0.15, 0.2) is 11.5 Å². The average molecular weight is 328 g/mol. The molecule has 2 rings (SSSR count). The summed E-state index contributed by atoms with van der Waals surface area (Å²) in [5.41, 5.74) is -0.259. The summed E-state index contributed by atoms with van der Waals surface area (Å²) in [6.07, 6.45) is -0.177. The van der Waals surface area contributed by atoms with Crippen LogP contribution in [0.15, 0.2) is 18.2 Å². The van der Waals surface area contributed by atoms with Crippen LogP contribution in [0.3, 0.4) is 0 Å². The van der Waals surface area contributed by atoms with Gasteiger partial charge in [0.25, 0.3) is 0 Å². The fourth-order valence-electron chi connectivity index (χ4n) is 2.19. The second-order valence-corrected chi connectivity index (χ2v) is 6.84. The number of ether oxygens (including phenoxy) is 2. The van der Waals surface area contributed by atoms with Crippen molar-refractivity contribution in [2.75, 3.05) is 0 Å². The van der Waals surface area contributed by atoms with E-state index in [2.05, 4.69) is 4.74 Å². The van der Waals surface area contributed by atoms with E-state index in [1.807, 2.05) is 41.5 Å². The molecule has 1 aliphatic heterocycles. The lowest BCUT2D eigenvalue weighted by Crippen LogP contribution is -2.41. The van der Waals surface area contributed by atoms with E-state index in [0.29, 0.717) is 5.46 Å². The van der Waals surface area contributed by atoms with Gasteiger partial charge in [0, 0.05) is 0 Å². The van der Waals surface area contributed by atoms with Gasteiger partial charge in [-0.1, -0.05) is 6.07 Å². The molecule has 0 spiro atoms. The molecule has 0 saturated carbocycles. The summed E-state index contributed by atoms with van der Waals surface area (Å²) < 4.78 is 47.0. The molecule has 1 saturated heterocycles. The van der Waals surface area contributed by atoms with Crippen LogP contribution in [0.4, 0.5) is 8.78 Å². The first-order valence-electron chi connectivity index (χ1n) is 7.63. The lowest BCUT2D eigenvalue weighted by Gasteiger charge is -2.32. The van der Waals surface area contributed by atoms with Gasteiger partial charge in [0.05, 0.1) is 17.3 Å². The Kier molecular flexibility index (Phi) is 4.92. The first-order chi connectivity index (χ1) is 10.5. The summed E-state index contributed by atoms with van der Waals surface area (Å²) in [6, 6.07) is 4.72. The highest BCUT2D eigenvalue weighted by Gasteiger charge is 2.51. The summed E-state index contributed by atoms with van der Waals surface area (Å²) in [4.78, 5) is 0. The lowest BCUT2D eigenvalue weighted by atomic mass is 9.79. The highest BCUT2D eigenvalue weighted by atomic mass is 19.3. The van der Waals surface area contributed by atoms with Crippen LogP contribution < -0.4 is 14.9 Å². The minimum Gasteiger partial charge on any atom is -0.487 e. The molecule has 0 unspecified atom stereocenters. The van der Waals surface area contributed by atoms with Crippen LogP contribution in [0.25, 0.3) is 0 Å². The summed E-state index contributed by atoms with van der Waals surface area (Å²) in [7, 11) is -0.588. The SMILES string of the molecule is CC(C)Oc1cc(B2OC(C)(C)C(C)(C)O2)ccc1OC(F)F. The van der Waals surface area contributed by atoms with Crippen LogP contribution in [0.2, 0.25) is 0 Å². The fraction of sp³-hybridized carbons (Fsp3) is 0.625. The minimum absolute atomic E-state index is 0.00559. The Morgan fingerprint density at radius 3 is 2.00 bits per heavy atom. The van der Waals surface area contributed by atoms with Gasteiger partial charge < -0.3 is 18.8 Å². The van der Waals surface area contributed by atoms with Gasteiger partial charge in [-0.2, -0.15) is 8.78 Å². The van der Waals surface area contributed by atoms with Crippen LogP contribution in [-0.4, -0.2) is 31.0 Å². The Bertz CT molecular complexity index is 545. The number of hydrogen-bond donors (Lipinski definition) is 0. The van der Waals surface area contributed by atoms with E-state index in [0.717, 1.165) is 0 Å². The molecule has 23 heavy (non-hydrogen) atoms. The molecule has 128 valence electrons. The molecular formula is C16H23BF2O4. The smallest absolute Gasteiger partial charge is 0.487 e. The summed E-state index contributed by atoms with van der Waals surface area (Å²) in [6.45, 7) is 8.52. The zero-order chi connectivity index (χ0) is 17.4. The molecule has 0 atom stereocenters. The zero-order valence-electron chi connectivity index (χ0n) is 14.4. The van der Waals surface area contributed by atoms with E-state index < -0.39 is 24.9 Å². The Morgan fingerprint density at radius 2 is 1.52 bits per heavy atom. The fourth-order valence-corrected chi connectivity index (χ4v) is 2.19. The van der Waals surface area contributed by atoms with Gasteiger partial charge in [0.1, 0.15) is 0 Å². The van der Waals surface area contributed by atoms with E-state index in [1.54, 1.807) is 12.1 Å². The molecular weight excluding hydrogens is 305 g/mol. The minimum atomic E-state index is -2.91. The van der Waals surface area contributed by atoms with Crippen LogP contribution in [0, 0.1) is 0 Å². The van der Waals surface area contributed by atoms with Gasteiger partial charge in [-0.25, -0.2) is 0 Å². The van der Waals surface area contributed by atoms with Gasteiger partial charge in [-0.15, -0.1) is 0 Å². The van der Waals surface area contributed by atoms with Crippen molar-refractivity contribution >= 4 is 12.6 Å². The molecule has 1 fully saturated rings. The maximum atomic E-state index is 12.5. The van der Waals surface area contributed by atoms with Crippen molar-refractivity contribution in [2.45, 2.75) is 65.5 Å². The Labute approximate surface area is 136 Å². The maximum absolute atomic E-state index is 12.5. The first-order valence-corrected chi connectivity index (χ1v) is 7.63. The molecule has 1 aromatic rings. The second kappa shape index (κ2) is 6.28. The van der Waals surface area contributed by atoms with Crippen molar-refractivity contribution in [1.29, 1.82) is 0 Å². The highest BCUT2D eigenvalue weighted by Crippen LogP contribution is 2.37. The molecule has 0 N–H and O–H groups in total. The van der Waals surface area contributed by atoms with Crippen molar-refractivity contribution in [3.63, 3.8) is 0 Å². The number of rotatable bonds is 5. The van der Waals surface area contributed by atoms with Crippen LogP contribution in [0.5, 0.6) is 11.5 Å². The Hall–Kier alpha value is -1.34. The highest BCUT2D eigenvalue weighted by molar-refractivity contribution is 6.62. The van der Waals surface area contributed by atoms with E-state index in [1.165, 1.54) is 6.07 Å². The molecule has 7 heteroatoms. The van der Waals surface area contributed by atoms with E-state index in [9.17, 15) is 8.78 Å². The van der Waals surface area contributed by atoms with Gasteiger partial charge >= 0.3 is 13.7 Å². The summed E-state index contributed by atoms with van der Waals surface area (Å²) in [5.74, 6) is 0.237. The molecule has 0 aromatic heterocycles. The third kappa shape index (κ3) is 3.95. The van der Waals surface area contributed by atoms with Crippen LogP contribution in [-0.2, 0) is 9.31 Å². The van der Waals surface area contributed by atoms with Crippen molar-refractivity contribution in [3.05, 3.63) is 18.2 Å². The predicted molar refractivity (Wildman–Crippen MR) is 84.6 cm³/mol. The first kappa shape index (κ1) is 18.0. The number of alkyl halides is 2. The van der Waals surface area contributed by atoms with Crippen LogP contribution in [0.1, 0.15) is 41.5 Å². The van der Waals surface area contributed by atoms with E-state index in [-0.39, 0.29) is 17.6 Å². The van der Waals surface area contributed by atoms with Gasteiger partial charge in [-0.05, 0) is 59.1 Å². The van der Waals surface area contributed by atoms with Gasteiger partial charge in [-0.3, -0.25) is 0 Å². The Morgan fingerprint density at radius 1 is 0.957 bits per heavy atom. The quantitative estimate of drug-likeness (QED) is 0.777. The van der Waals surface area contributed by atoms with Gasteiger partial charge in [0.2, 0.25) is 0 Å². The third-order valence-corrected chi connectivity index (χ3v) is 4.07. The molecule has 0 bridgehead atoms. The monoisotopic (exact) mass is 328 g/mol. The lowest BCUT2D eigenvalue weighted by molar-refractivity contribution is -0.0518. The number of hydrogen-bond acceptors (Lipinski definition) is 4. The van der Waals surface area contributed by atoms with Crippen LogP contribution >= 0.6 is 0 Å². The summed E-state index contributed by atoms with van der Waals surface area (Å²) >= 11 is 0. The normalized spacial score (nSPS) is 19.5.